The number of allylic oxidation sites excluding steroid dienone is 1. The summed E-state index contributed by atoms with van der Waals surface area (Å²) in [7, 11) is 2.04. The summed E-state index contributed by atoms with van der Waals surface area (Å²) in [4.78, 5) is 4.34. The van der Waals surface area contributed by atoms with Crippen LogP contribution in [-0.4, -0.2) is 9.55 Å². The summed E-state index contributed by atoms with van der Waals surface area (Å²) < 4.78 is 2.11. The van der Waals surface area contributed by atoms with Crippen LogP contribution in [0.5, 0.6) is 0 Å². The highest BCUT2D eigenvalue weighted by molar-refractivity contribution is 5.17. The molecule has 0 bridgehead atoms. The zero-order valence-electron chi connectivity index (χ0n) is 7.39. The van der Waals surface area contributed by atoms with Crippen LogP contribution in [0.3, 0.4) is 0 Å². The van der Waals surface area contributed by atoms with Crippen LogP contribution in [0.15, 0.2) is 12.7 Å². The van der Waals surface area contributed by atoms with Gasteiger partial charge in [0.2, 0.25) is 0 Å². The third-order valence-electron chi connectivity index (χ3n) is 1.98. The SMILES string of the molecule is C=CCc1c(C)nc(C)n1C. The van der Waals surface area contributed by atoms with Gasteiger partial charge in [-0.1, -0.05) is 6.08 Å². The smallest absolute Gasteiger partial charge is 0.105 e. The Bertz CT molecular complexity index is 271. The fourth-order valence-corrected chi connectivity index (χ4v) is 1.24. The lowest BCUT2D eigenvalue weighted by Crippen LogP contribution is -1.97. The Morgan fingerprint density at radius 3 is 2.55 bits per heavy atom. The van der Waals surface area contributed by atoms with Crippen molar-refractivity contribution in [2.75, 3.05) is 0 Å². The molecule has 0 saturated carbocycles. The van der Waals surface area contributed by atoms with Crippen LogP contribution in [0.25, 0.3) is 0 Å². The number of rotatable bonds is 2. The molecule has 0 saturated heterocycles. The van der Waals surface area contributed by atoms with Crippen molar-refractivity contribution in [1.82, 2.24) is 9.55 Å². The molecule has 0 atom stereocenters. The van der Waals surface area contributed by atoms with E-state index in [2.05, 4.69) is 16.1 Å². The van der Waals surface area contributed by atoms with E-state index in [4.69, 9.17) is 0 Å². The third-order valence-corrected chi connectivity index (χ3v) is 1.98. The van der Waals surface area contributed by atoms with Crippen LogP contribution >= 0.6 is 0 Å². The molecule has 0 aliphatic rings. The Hall–Kier alpha value is -1.05. The predicted molar refractivity (Wildman–Crippen MR) is 46.6 cm³/mol. The molecule has 0 amide bonds. The van der Waals surface area contributed by atoms with Gasteiger partial charge >= 0.3 is 0 Å². The molecule has 0 radical (unpaired) electrons. The van der Waals surface area contributed by atoms with Crippen LogP contribution in [0.1, 0.15) is 17.2 Å². The first kappa shape index (κ1) is 8.05. The second-order valence-corrected chi connectivity index (χ2v) is 2.74. The predicted octanol–water partition coefficient (Wildman–Crippen LogP) is 1.77. The van der Waals surface area contributed by atoms with Crippen LogP contribution in [-0.2, 0) is 13.5 Å². The molecule has 0 aliphatic carbocycles. The first-order chi connectivity index (χ1) is 5.16. The summed E-state index contributed by atoms with van der Waals surface area (Å²) in [5.41, 5.74) is 2.38. The lowest BCUT2D eigenvalue weighted by molar-refractivity contribution is 0.810. The molecule has 1 heterocycles. The highest BCUT2D eigenvalue weighted by Crippen LogP contribution is 2.09. The minimum Gasteiger partial charge on any atom is -0.335 e. The van der Waals surface area contributed by atoms with Crippen molar-refractivity contribution in [3.05, 3.63) is 29.9 Å². The van der Waals surface area contributed by atoms with Crippen LogP contribution in [0, 0.1) is 13.8 Å². The number of hydrogen-bond acceptors (Lipinski definition) is 1. The highest BCUT2D eigenvalue weighted by Gasteiger charge is 2.05. The number of nitrogens with zero attached hydrogens (tertiary/aromatic N) is 2. The summed E-state index contributed by atoms with van der Waals surface area (Å²) >= 11 is 0. The molecule has 0 N–H and O–H groups in total. The minimum atomic E-state index is 0.906. The lowest BCUT2D eigenvalue weighted by atomic mass is 10.2. The number of aromatic nitrogens is 2. The molecule has 2 nitrogen and oxygen atoms in total. The van der Waals surface area contributed by atoms with Gasteiger partial charge in [-0.25, -0.2) is 4.98 Å². The van der Waals surface area contributed by atoms with Gasteiger partial charge in [0.1, 0.15) is 5.82 Å². The zero-order chi connectivity index (χ0) is 8.43. The van der Waals surface area contributed by atoms with Crippen molar-refractivity contribution in [1.29, 1.82) is 0 Å². The second-order valence-electron chi connectivity index (χ2n) is 2.74. The average molecular weight is 150 g/mol. The molecular weight excluding hydrogens is 136 g/mol. The van der Waals surface area contributed by atoms with E-state index in [1.54, 1.807) is 0 Å². The van der Waals surface area contributed by atoms with E-state index in [-0.39, 0.29) is 0 Å². The van der Waals surface area contributed by atoms with Crippen LogP contribution in [0.4, 0.5) is 0 Å². The van der Waals surface area contributed by atoms with Crippen LogP contribution < -0.4 is 0 Å². The molecule has 1 aromatic heterocycles. The maximum atomic E-state index is 4.34. The van der Waals surface area contributed by atoms with Gasteiger partial charge in [-0.05, 0) is 13.8 Å². The summed E-state index contributed by atoms with van der Waals surface area (Å²) in [6.45, 7) is 7.75. The molecule has 0 fully saturated rings. The molecule has 0 unspecified atom stereocenters. The number of imidazole rings is 1. The third kappa shape index (κ3) is 1.34. The van der Waals surface area contributed by atoms with Crippen molar-refractivity contribution in [2.45, 2.75) is 20.3 Å². The van der Waals surface area contributed by atoms with E-state index in [1.165, 1.54) is 5.69 Å². The molecule has 11 heavy (non-hydrogen) atoms. The molecule has 1 rings (SSSR count). The lowest BCUT2D eigenvalue weighted by Gasteiger charge is -2.00. The second kappa shape index (κ2) is 2.91. The quantitative estimate of drug-likeness (QED) is 0.587. The monoisotopic (exact) mass is 150 g/mol. The fourth-order valence-electron chi connectivity index (χ4n) is 1.24. The number of hydrogen-bond donors (Lipinski definition) is 0. The maximum absolute atomic E-state index is 4.34. The molecule has 60 valence electrons. The molecule has 0 aliphatic heterocycles. The zero-order valence-corrected chi connectivity index (χ0v) is 7.39. The molecule has 1 aromatic rings. The van der Waals surface area contributed by atoms with Crippen molar-refractivity contribution >= 4 is 0 Å². The normalized spacial score (nSPS) is 10.1. The first-order valence-corrected chi connectivity index (χ1v) is 3.76. The van der Waals surface area contributed by atoms with Gasteiger partial charge in [0.15, 0.2) is 0 Å². The maximum Gasteiger partial charge on any atom is 0.105 e. The largest absolute Gasteiger partial charge is 0.335 e. The standard InChI is InChI=1S/C9H14N2/c1-5-6-9-7(2)10-8(3)11(9)4/h5H,1,6H2,2-4H3. The van der Waals surface area contributed by atoms with Gasteiger partial charge in [-0.3, -0.25) is 0 Å². The van der Waals surface area contributed by atoms with Crippen molar-refractivity contribution < 1.29 is 0 Å². The topological polar surface area (TPSA) is 17.8 Å². The average Bonchev–Trinajstić information content (AvgIpc) is 2.17. The molecule has 0 aromatic carbocycles. The summed E-state index contributed by atoms with van der Waals surface area (Å²) in [5.74, 6) is 1.07. The molecule has 2 heteroatoms. The summed E-state index contributed by atoms with van der Waals surface area (Å²) in [6, 6.07) is 0. The minimum absolute atomic E-state index is 0.906. The Balaban J connectivity index is 3.11. The molecule has 0 spiro atoms. The van der Waals surface area contributed by atoms with E-state index >= 15 is 0 Å². The number of aryl methyl sites for hydroxylation is 2. The van der Waals surface area contributed by atoms with Crippen molar-refractivity contribution in [3.8, 4) is 0 Å². The fraction of sp³-hybridized carbons (Fsp3) is 0.444. The van der Waals surface area contributed by atoms with E-state index in [9.17, 15) is 0 Å². The highest BCUT2D eigenvalue weighted by atomic mass is 15.1. The van der Waals surface area contributed by atoms with Gasteiger partial charge in [0, 0.05) is 19.2 Å². The van der Waals surface area contributed by atoms with Crippen LogP contribution in [0.2, 0.25) is 0 Å². The van der Waals surface area contributed by atoms with Gasteiger partial charge in [0.05, 0.1) is 5.69 Å². The van der Waals surface area contributed by atoms with E-state index in [1.807, 2.05) is 27.0 Å². The van der Waals surface area contributed by atoms with E-state index in [0.29, 0.717) is 0 Å². The summed E-state index contributed by atoms with van der Waals surface area (Å²) in [5, 5.41) is 0. The Labute approximate surface area is 67.6 Å². The van der Waals surface area contributed by atoms with E-state index < -0.39 is 0 Å². The van der Waals surface area contributed by atoms with Gasteiger partial charge in [-0.2, -0.15) is 0 Å². The van der Waals surface area contributed by atoms with Gasteiger partial charge in [-0.15, -0.1) is 6.58 Å². The van der Waals surface area contributed by atoms with Crippen molar-refractivity contribution in [3.63, 3.8) is 0 Å². The Morgan fingerprint density at radius 1 is 1.55 bits per heavy atom. The first-order valence-electron chi connectivity index (χ1n) is 3.76. The Morgan fingerprint density at radius 2 is 2.18 bits per heavy atom. The van der Waals surface area contributed by atoms with Crippen molar-refractivity contribution in [2.24, 2.45) is 7.05 Å². The molecular formula is C9H14N2. The van der Waals surface area contributed by atoms with E-state index in [0.717, 1.165) is 17.9 Å². The Kier molecular flexibility index (Phi) is 2.13. The van der Waals surface area contributed by atoms with Gasteiger partial charge in [0.25, 0.3) is 0 Å². The van der Waals surface area contributed by atoms with Gasteiger partial charge < -0.3 is 4.57 Å². The summed E-state index contributed by atoms with van der Waals surface area (Å²) in [6.07, 6.45) is 2.81.